The second-order valence-corrected chi connectivity index (χ2v) is 6.35. The summed E-state index contributed by atoms with van der Waals surface area (Å²) in [5.41, 5.74) is 0. The van der Waals surface area contributed by atoms with E-state index in [1.54, 1.807) is 0 Å². The van der Waals surface area contributed by atoms with Crippen LogP contribution in [-0.4, -0.2) is 61.8 Å². The first-order chi connectivity index (χ1) is 8.38. The smallest absolute Gasteiger partial charge is 0.0586 e. The number of nitrogens with zero attached hydrogens (tertiary/aromatic N) is 1. The van der Waals surface area contributed by atoms with E-state index in [1.165, 1.54) is 56.8 Å². The quantitative estimate of drug-likeness (QED) is 0.809. The predicted octanol–water partition coefficient (Wildman–Crippen LogP) is 1.58. The van der Waals surface area contributed by atoms with E-state index in [9.17, 15) is 0 Å². The van der Waals surface area contributed by atoms with Gasteiger partial charge < -0.3 is 15.0 Å². The van der Waals surface area contributed by atoms with Crippen LogP contribution in [0.2, 0.25) is 0 Å². The lowest BCUT2D eigenvalue weighted by Crippen LogP contribution is -2.42. The van der Waals surface area contributed by atoms with Gasteiger partial charge in [-0.05, 0) is 25.7 Å². The van der Waals surface area contributed by atoms with E-state index in [4.69, 9.17) is 4.74 Å². The third-order valence-corrected chi connectivity index (χ3v) is 4.87. The molecule has 1 saturated carbocycles. The standard InChI is InChI=1S/C13H26N2OS/c1-16-13-4-2-3-12(11-13)14-5-6-15-7-9-17-10-8-15/h12-14H,2-11H2,1H3. The van der Waals surface area contributed by atoms with E-state index in [0.717, 1.165) is 6.54 Å². The fourth-order valence-corrected chi connectivity index (χ4v) is 3.77. The summed E-state index contributed by atoms with van der Waals surface area (Å²) in [7, 11) is 1.85. The second kappa shape index (κ2) is 7.62. The van der Waals surface area contributed by atoms with Crippen LogP contribution < -0.4 is 5.32 Å². The molecule has 0 aromatic rings. The zero-order chi connectivity index (χ0) is 11.9. The van der Waals surface area contributed by atoms with Gasteiger partial charge in [0.1, 0.15) is 0 Å². The Morgan fingerprint density at radius 2 is 2.12 bits per heavy atom. The maximum Gasteiger partial charge on any atom is 0.0586 e. The Labute approximate surface area is 110 Å². The predicted molar refractivity (Wildman–Crippen MR) is 74.8 cm³/mol. The summed E-state index contributed by atoms with van der Waals surface area (Å²) in [6.07, 6.45) is 5.59. The molecule has 0 spiro atoms. The van der Waals surface area contributed by atoms with Crippen molar-refractivity contribution in [2.45, 2.75) is 37.8 Å². The summed E-state index contributed by atoms with van der Waals surface area (Å²) in [5.74, 6) is 2.63. The lowest BCUT2D eigenvalue weighted by atomic mass is 9.93. The minimum atomic E-state index is 0.493. The first-order valence-corrected chi connectivity index (χ1v) is 8.10. The Morgan fingerprint density at radius 1 is 1.29 bits per heavy atom. The van der Waals surface area contributed by atoms with Gasteiger partial charge in [-0.1, -0.05) is 0 Å². The summed E-state index contributed by atoms with van der Waals surface area (Å²) in [5, 5.41) is 3.70. The first-order valence-electron chi connectivity index (χ1n) is 6.95. The highest BCUT2D eigenvalue weighted by atomic mass is 32.2. The summed E-state index contributed by atoms with van der Waals surface area (Å²) in [6.45, 7) is 4.91. The number of hydrogen-bond donors (Lipinski definition) is 1. The molecule has 1 N–H and O–H groups in total. The average Bonchev–Trinajstić information content (AvgIpc) is 2.40. The molecular formula is C13H26N2OS. The van der Waals surface area contributed by atoms with Gasteiger partial charge in [0.2, 0.25) is 0 Å². The minimum Gasteiger partial charge on any atom is -0.381 e. The number of ether oxygens (including phenoxy) is 1. The lowest BCUT2D eigenvalue weighted by Gasteiger charge is -2.31. The molecule has 0 aromatic carbocycles. The van der Waals surface area contributed by atoms with Gasteiger partial charge in [0.15, 0.2) is 0 Å². The maximum atomic E-state index is 5.46. The molecule has 2 aliphatic rings. The zero-order valence-electron chi connectivity index (χ0n) is 11.0. The van der Waals surface area contributed by atoms with Crippen molar-refractivity contribution in [3.8, 4) is 0 Å². The Kier molecular flexibility index (Phi) is 6.12. The van der Waals surface area contributed by atoms with Gasteiger partial charge in [-0.25, -0.2) is 0 Å². The molecule has 2 fully saturated rings. The van der Waals surface area contributed by atoms with Crippen LogP contribution in [0, 0.1) is 0 Å². The van der Waals surface area contributed by atoms with Crippen LogP contribution in [0.5, 0.6) is 0 Å². The number of nitrogens with one attached hydrogen (secondary N) is 1. The molecule has 1 aliphatic heterocycles. The summed E-state index contributed by atoms with van der Waals surface area (Å²) < 4.78 is 5.46. The Bertz CT molecular complexity index is 210. The highest BCUT2D eigenvalue weighted by Gasteiger charge is 2.21. The van der Waals surface area contributed by atoms with Gasteiger partial charge in [-0.2, -0.15) is 11.8 Å². The molecular weight excluding hydrogens is 232 g/mol. The molecule has 2 atom stereocenters. The second-order valence-electron chi connectivity index (χ2n) is 5.13. The van der Waals surface area contributed by atoms with Gasteiger partial charge in [-0.3, -0.25) is 0 Å². The van der Waals surface area contributed by atoms with Crippen molar-refractivity contribution in [2.24, 2.45) is 0 Å². The number of methoxy groups -OCH3 is 1. The highest BCUT2D eigenvalue weighted by Crippen LogP contribution is 2.20. The van der Waals surface area contributed by atoms with E-state index in [0.29, 0.717) is 12.1 Å². The fourth-order valence-electron chi connectivity index (χ4n) is 2.80. The molecule has 100 valence electrons. The van der Waals surface area contributed by atoms with Crippen molar-refractivity contribution in [3.63, 3.8) is 0 Å². The van der Waals surface area contributed by atoms with Crippen molar-refractivity contribution in [3.05, 3.63) is 0 Å². The van der Waals surface area contributed by atoms with E-state index in [2.05, 4.69) is 22.0 Å². The summed E-state index contributed by atoms with van der Waals surface area (Å²) in [6, 6.07) is 0.688. The Morgan fingerprint density at radius 3 is 2.88 bits per heavy atom. The van der Waals surface area contributed by atoms with Crippen molar-refractivity contribution < 1.29 is 4.74 Å². The van der Waals surface area contributed by atoms with Crippen LogP contribution in [0.4, 0.5) is 0 Å². The molecule has 1 heterocycles. The van der Waals surface area contributed by atoms with Gasteiger partial charge in [0.05, 0.1) is 6.10 Å². The van der Waals surface area contributed by atoms with E-state index in [-0.39, 0.29) is 0 Å². The Hall–Kier alpha value is 0.230. The maximum absolute atomic E-state index is 5.46. The Balaban J connectivity index is 1.57. The normalized spacial score (nSPS) is 31.6. The van der Waals surface area contributed by atoms with Crippen molar-refractivity contribution in [2.75, 3.05) is 44.8 Å². The summed E-state index contributed by atoms with van der Waals surface area (Å²) in [4.78, 5) is 2.58. The third kappa shape index (κ3) is 4.78. The first kappa shape index (κ1) is 13.7. The molecule has 0 bridgehead atoms. The molecule has 4 heteroatoms. The van der Waals surface area contributed by atoms with E-state index < -0.39 is 0 Å². The molecule has 0 radical (unpaired) electrons. The van der Waals surface area contributed by atoms with Crippen LogP contribution in [0.1, 0.15) is 25.7 Å². The minimum absolute atomic E-state index is 0.493. The van der Waals surface area contributed by atoms with Crippen LogP contribution in [-0.2, 0) is 4.74 Å². The molecule has 3 nitrogen and oxygen atoms in total. The molecule has 0 aromatic heterocycles. The lowest BCUT2D eigenvalue weighted by molar-refractivity contribution is 0.0585. The monoisotopic (exact) mass is 258 g/mol. The topological polar surface area (TPSA) is 24.5 Å². The van der Waals surface area contributed by atoms with Crippen LogP contribution >= 0.6 is 11.8 Å². The van der Waals surface area contributed by atoms with Crippen LogP contribution in [0.3, 0.4) is 0 Å². The number of thioether (sulfide) groups is 1. The van der Waals surface area contributed by atoms with E-state index in [1.807, 2.05) is 7.11 Å². The molecule has 1 aliphatic carbocycles. The largest absolute Gasteiger partial charge is 0.381 e. The van der Waals surface area contributed by atoms with Crippen molar-refractivity contribution in [1.82, 2.24) is 10.2 Å². The van der Waals surface area contributed by atoms with E-state index >= 15 is 0 Å². The van der Waals surface area contributed by atoms with Crippen molar-refractivity contribution in [1.29, 1.82) is 0 Å². The van der Waals surface area contributed by atoms with Gasteiger partial charge >= 0.3 is 0 Å². The molecule has 2 unspecified atom stereocenters. The zero-order valence-corrected chi connectivity index (χ0v) is 11.8. The van der Waals surface area contributed by atoms with Gasteiger partial charge in [0.25, 0.3) is 0 Å². The molecule has 0 amide bonds. The number of hydrogen-bond acceptors (Lipinski definition) is 4. The molecule has 1 saturated heterocycles. The average molecular weight is 258 g/mol. The number of rotatable bonds is 5. The van der Waals surface area contributed by atoms with Crippen LogP contribution in [0.25, 0.3) is 0 Å². The SMILES string of the molecule is COC1CCCC(NCCN2CCSCC2)C1. The highest BCUT2D eigenvalue weighted by molar-refractivity contribution is 7.99. The molecule has 17 heavy (non-hydrogen) atoms. The molecule has 2 rings (SSSR count). The summed E-state index contributed by atoms with van der Waals surface area (Å²) >= 11 is 2.08. The van der Waals surface area contributed by atoms with Gasteiger partial charge in [0, 0.05) is 50.8 Å². The van der Waals surface area contributed by atoms with Crippen molar-refractivity contribution >= 4 is 11.8 Å². The third-order valence-electron chi connectivity index (χ3n) is 3.92. The van der Waals surface area contributed by atoms with Gasteiger partial charge in [-0.15, -0.1) is 0 Å². The van der Waals surface area contributed by atoms with Crippen LogP contribution in [0.15, 0.2) is 0 Å². The fraction of sp³-hybridized carbons (Fsp3) is 1.00.